The molecule has 1 aliphatic rings. The van der Waals surface area contributed by atoms with Crippen LogP contribution >= 0.6 is 0 Å². The molecule has 0 saturated heterocycles. The molecule has 1 amide bonds. The highest BCUT2D eigenvalue weighted by Gasteiger charge is 2.32. The highest BCUT2D eigenvalue weighted by molar-refractivity contribution is 6.08. The second-order valence-corrected chi connectivity index (χ2v) is 5.71. The second-order valence-electron chi connectivity index (χ2n) is 5.71. The Morgan fingerprint density at radius 1 is 1.00 bits per heavy atom. The molecule has 0 unspecified atom stereocenters. The van der Waals surface area contributed by atoms with E-state index in [1.54, 1.807) is 36.7 Å². The van der Waals surface area contributed by atoms with Gasteiger partial charge in [0.25, 0.3) is 5.91 Å². The van der Waals surface area contributed by atoms with E-state index in [0.29, 0.717) is 5.75 Å². The predicted molar refractivity (Wildman–Crippen MR) is 90.8 cm³/mol. The van der Waals surface area contributed by atoms with E-state index in [-0.39, 0.29) is 17.0 Å². The number of nitrogens with one attached hydrogen (secondary N) is 1. The molecule has 0 radical (unpaired) electrons. The summed E-state index contributed by atoms with van der Waals surface area (Å²) >= 11 is 0. The first-order chi connectivity index (χ1) is 12.9. The number of amides is 1. The van der Waals surface area contributed by atoms with E-state index < -0.39 is 18.0 Å². The molecule has 0 spiro atoms. The van der Waals surface area contributed by atoms with Crippen molar-refractivity contribution in [3.05, 3.63) is 66.5 Å². The van der Waals surface area contributed by atoms with Gasteiger partial charge in [-0.25, -0.2) is 0 Å². The van der Waals surface area contributed by atoms with Gasteiger partial charge in [0.15, 0.2) is 5.75 Å². The number of rotatable bonds is 2. The summed E-state index contributed by atoms with van der Waals surface area (Å²) in [6, 6.07) is 12.2. The number of hydrogen-bond donors (Lipinski definition) is 1. The number of pyridine rings is 1. The van der Waals surface area contributed by atoms with Gasteiger partial charge in [-0.1, -0.05) is 12.1 Å². The lowest BCUT2D eigenvalue weighted by atomic mass is 10.0. The van der Waals surface area contributed by atoms with Crippen molar-refractivity contribution in [2.24, 2.45) is 0 Å². The lowest BCUT2D eigenvalue weighted by Crippen LogP contribution is -2.17. The van der Waals surface area contributed by atoms with E-state index in [9.17, 15) is 18.0 Å². The molecule has 0 fully saturated rings. The van der Waals surface area contributed by atoms with Crippen LogP contribution in [0.5, 0.6) is 17.2 Å². The van der Waals surface area contributed by atoms with E-state index >= 15 is 0 Å². The molecule has 27 heavy (non-hydrogen) atoms. The van der Waals surface area contributed by atoms with E-state index in [0.717, 1.165) is 23.3 Å². The number of carbonyl (C=O) groups is 1. The fourth-order valence-corrected chi connectivity index (χ4v) is 2.71. The van der Waals surface area contributed by atoms with E-state index in [2.05, 4.69) is 15.0 Å². The van der Waals surface area contributed by atoms with Gasteiger partial charge >= 0.3 is 6.36 Å². The van der Waals surface area contributed by atoms with Gasteiger partial charge in [-0.15, -0.1) is 13.2 Å². The summed E-state index contributed by atoms with van der Waals surface area (Å²) in [5, 5.41) is 2.56. The van der Waals surface area contributed by atoms with Crippen molar-refractivity contribution in [3.63, 3.8) is 0 Å². The smallest absolute Gasteiger partial charge is 0.454 e. The van der Waals surface area contributed by atoms with Crippen LogP contribution in [-0.4, -0.2) is 17.3 Å². The van der Waals surface area contributed by atoms with E-state index in [4.69, 9.17) is 4.74 Å². The normalized spacial score (nSPS) is 12.9. The quantitative estimate of drug-likeness (QED) is 0.687. The van der Waals surface area contributed by atoms with Crippen molar-refractivity contribution in [2.75, 3.05) is 5.32 Å². The molecule has 0 bridgehead atoms. The molecule has 1 aromatic heterocycles. The Balaban J connectivity index is 1.70. The summed E-state index contributed by atoms with van der Waals surface area (Å²) in [7, 11) is 0. The molecule has 2 heterocycles. The number of carbonyl (C=O) groups excluding carboxylic acids is 1. The Labute approximate surface area is 151 Å². The largest absolute Gasteiger partial charge is 0.573 e. The molecular weight excluding hydrogens is 361 g/mol. The lowest BCUT2D eigenvalue weighted by molar-refractivity contribution is -0.274. The standard InChI is InChI=1S/C19H11F3N2O3/c20-19(21,22)27-13-4-6-17-15(9-13)24-18(25)14-8-11(3-5-16(14)26-17)12-2-1-7-23-10-12/h1-10H,(H,24,25). The number of halogens is 3. The van der Waals surface area contributed by atoms with E-state index in [1.165, 1.54) is 6.07 Å². The monoisotopic (exact) mass is 372 g/mol. The van der Waals surface area contributed by atoms with Gasteiger partial charge in [-0.05, 0) is 35.9 Å². The Morgan fingerprint density at radius 2 is 1.81 bits per heavy atom. The molecule has 5 nitrogen and oxygen atoms in total. The summed E-state index contributed by atoms with van der Waals surface area (Å²) in [6.07, 6.45) is -1.53. The van der Waals surface area contributed by atoms with Crippen molar-refractivity contribution >= 4 is 11.6 Å². The molecule has 136 valence electrons. The van der Waals surface area contributed by atoms with Crippen molar-refractivity contribution in [2.45, 2.75) is 6.36 Å². The first kappa shape index (κ1) is 16.9. The molecule has 2 aromatic carbocycles. The molecule has 8 heteroatoms. The van der Waals surface area contributed by atoms with Gasteiger partial charge in [-0.2, -0.15) is 0 Å². The molecule has 1 aliphatic heterocycles. The number of anilines is 1. The van der Waals surface area contributed by atoms with Crippen LogP contribution in [0.15, 0.2) is 60.9 Å². The predicted octanol–water partition coefficient (Wildman–Crippen LogP) is 5.01. The number of benzene rings is 2. The Bertz CT molecular complexity index is 1020. The Hall–Kier alpha value is -3.55. The number of aromatic nitrogens is 1. The van der Waals surface area contributed by atoms with Gasteiger partial charge in [-0.3, -0.25) is 9.78 Å². The summed E-state index contributed by atoms with van der Waals surface area (Å²) in [6.45, 7) is 0. The van der Waals surface area contributed by atoms with Crippen molar-refractivity contribution in [1.82, 2.24) is 4.98 Å². The van der Waals surface area contributed by atoms with Gasteiger partial charge in [0, 0.05) is 24.0 Å². The van der Waals surface area contributed by atoms with Crippen LogP contribution in [0.4, 0.5) is 18.9 Å². The van der Waals surface area contributed by atoms with Crippen LogP contribution in [0.1, 0.15) is 10.4 Å². The first-order valence-electron chi connectivity index (χ1n) is 7.82. The Kier molecular flexibility index (Phi) is 3.95. The third-order valence-electron chi connectivity index (χ3n) is 3.87. The molecule has 3 aromatic rings. The highest BCUT2D eigenvalue weighted by atomic mass is 19.4. The van der Waals surface area contributed by atoms with Crippen LogP contribution < -0.4 is 14.8 Å². The van der Waals surface area contributed by atoms with Crippen LogP contribution in [-0.2, 0) is 0 Å². The maximum atomic E-state index is 12.6. The molecule has 4 rings (SSSR count). The van der Waals surface area contributed by atoms with Crippen LogP contribution in [0.25, 0.3) is 11.1 Å². The SMILES string of the molecule is O=C1Nc2cc(OC(F)(F)F)ccc2Oc2ccc(-c3cccnc3)cc21. The van der Waals surface area contributed by atoms with E-state index in [1.807, 2.05) is 6.07 Å². The zero-order valence-corrected chi connectivity index (χ0v) is 13.6. The average Bonchev–Trinajstić information content (AvgIpc) is 2.76. The maximum absolute atomic E-state index is 12.6. The van der Waals surface area contributed by atoms with Crippen molar-refractivity contribution < 1.29 is 27.4 Å². The number of ether oxygens (including phenoxy) is 2. The number of alkyl halides is 3. The van der Waals surface area contributed by atoms with Crippen LogP contribution in [0.2, 0.25) is 0 Å². The topological polar surface area (TPSA) is 60.5 Å². The molecule has 0 atom stereocenters. The van der Waals surface area contributed by atoms with Crippen molar-refractivity contribution in [1.29, 1.82) is 0 Å². The fraction of sp³-hybridized carbons (Fsp3) is 0.0526. The minimum atomic E-state index is -4.83. The van der Waals surface area contributed by atoms with Gasteiger partial charge < -0.3 is 14.8 Å². The third kappa shape index (κ3) is 3.55. The number of nitrogens with zero attached hydrogens (tertiary/aromatic N) is 1. The highest BCUT2D eigenvalue weighted by Crippen LogP contribution is 2.39. The fourth-order valence-electron chi connectivity index (χ4n) is 2.71. The first-order valence-corrected chi connectivity index (χ1v) is 7.82. The lowest BCUT2D eigenvalue weighted by Gasteiger charge is -2.12. The molecule has 0 aliphatic carbocycles. The van der Waals surface area contributed by atoms with Crippen molar-refractivity contribution in [3.8, 4) is 28.4 Å². The van der Waals surface area contributed by atoms with Crippen LogP contribution in [0.3, 0.4) is 0 Å². The molecule has 0 saturated carbocycles. The van der Waals surface area contributed by atoms with Gasteiger partial charge in [0.05, 0.1) is 11.3 Å². The second kappa shape index (κ2) is 6.31. The Morgan fingerprint density at radius 3 is 2.56 bits per heavy atom. The molecular formula is C19H11F3N2O3. The zero-order chi connectivity index (χ0) is 19.0. The summed E-state index contributed by atoms with van der Waals surface area (Å²) in [5.41, 5.74) is 1.91. The van der Waals surface area contributed by atoms with Gasteiger partial charge in [0.2, 0.25) is 0 Å². The number of fused-ring (bicyclic) bond motifs is 2. The average molecular weight is 372 g/mol. The summed E-state index contributed by atoms with van der Waals surface area (Å²) in [4.78, 5) is 16.6. The number of hydrogen-bond acceptors (Lipinski definition) is 4. The van der Waals surface area contributed by atoms with Crippen LogP contribution in [0, 0.1) is 0 Å². The minimum absolute atomic E-state index is 0.0841. The zero-order valence-electron chi connectivity index (χ0n) is 13.6. The maximum Gasteiger partial charge on any atom is 0.573 e. The molecule has 1 N–H and O–H groups in total. The minimum Gasteiger partial charge on any atom is -0.454 e. The summed E-state index contributed by atoms with van der Waals surface area (Å²) < 4.78 is 46.8. The van der Waals surface area contributed by atoms with Gasteiger partial charge in [0.1, 0.15) is 11.5 Å². The third-order valence-corrected chi connectivity index (χ3v) is 3.87. The summed E-state index contributed by atoms with van der Waals surface area (Å²) in [5.74, 6) is -0.445.